The Morgan fingerprint density at radius 2 is 2.00 bits per heavy atom. The standard InChI is InChI=1S/C17H19BrN2O/c1-11(12-5-7-13(18)8-6-12)19-15-3-2-4-16-14(15)9-10-17(21)20-16/h5-11,15,19H,2-4H2,1H3,(H,20,21). The van der Waals surface area contributed by atoms with Crippen LogP contribution in [-0.4, -0.2) is 4.98 Å². The molecule has 0 amide bonds. The van der Waals surface area contributed by atoms with Crippen molar-refractivity contribution in [1.82, 2.24) is 10.3 Å². The Morgan fingerprint density at radius 3 is 2.76 bits per heavy atom. The lowest BCUT2D eigenvalue weighted by Crippen LogP contribution is -2.29. The van der Waals surface area contributed by atoms with E-state index in [1.165, 1.54) is 11.1 Å². The first-order chi connectivity index (χ1) is 10.1. The largest absolute Gasteiger partial charge is 0.326 e. The van der Waals surface area contributed by atoms with Crippen molar-refractivity contribution in [3.63, 3.8) is 0 Å². The van der Waals surface area contributed by atoms with E-state index in [4.69, 9.17) is 0 Å². The van der Waals surface area contributed by atoms with Gasteiger partial charge in [0.05, 0.1) is 0 Å². The Morgan fingerprint density at radius 1 is 1.24 bits per heavy atom. The summed E-state index contributed by atoms with van der Waals surface area (Å²) in [5.41, 5.74) is 3.60. The molecule has 0 spiro atoms. The maximum atomic E-state index is 11.4. The van der Waals surface area contributed by atoms with Gasteiger partial charge < -0.3 is 10.3 Å². The zero-order valence-corrected chi connectivity index (χ0v) is 13.6. The van der Waals surface area contributed by atoms with Gasteiger partial charge in [-0.05, 0) is 49.4 Å². The Kier molecular flexibility index (Phi) is 4.27. The minimum absolute atomic E-state index is 0.00430. The van der Waals surface area contributed by atoms with Gasteiger partial charge in [0.1, 0.15) is 0 Å². The molecule has 110 valence electrons. The molecule has 2 aromatic rings. The van der Waals surface area contributed by atoms with Crippen LogP contribution in [0.2, 0.25) is 0 Å². The number of nitrogens with one attached hydrogen (secondary N) is 2. The molecule has 2 N–H and O–H groups in total. The number of fused-ring (bicyclic) bond motifs is 1. The Labute approximate surface area is 132 Å². The predicted octanol–water partition coefficient (Wildman–Crippen LogP) is 3.87. The van der Waals surface area contributed by atoms with Crippen LogP contribution >= 0.6 is 15.9 Å². The van der Waals surface area contributed by atoms with E-state index in [9.17, 15) is 4.79 Å². The highest BCUT2D eigenvalue weighted by Gasteiger charge is 2.22. The highest BCUT2D eigenvalue weighted by atomic mass is 79.9. The number of H-pyrrole nitrogens is 1. The molecular formula is C17H19BrN2O. The van der Waals surface area contributed by atoms with E-state index < -0.39 is 0 Å². The molecule has 1 aliphatic carbocycles. The zero-order valence-electron chi connectivity index (χ0n) is 12.0. The molecule has 2 atom stereocenters. The van der Waals surface area contributed by atoms with Crippen LogP contribution in [0, 0.1) is 0 Å². The molecular weight excluding hydrogens is 328 g/mol. The van der Waals surface area contributed by atoms with E-state index in [-0.39, 0.29) is 11.6 Å². The van der Waals surface area contributed by atoms with Gasteiger partial charge in [0, 0.05) is 28.3 Å². The Hall–Kier alpha value is -1.39. The van der Waals surface area contributed by atoms with Crippen LogP contribution in [0.4, 0.5) is 0 Å². The molecule has 1 aromatic heterocycles. The second-order valence-electron chi connectivity index (χ2n) is 5.64. The van der Waals surface area contributed by atoms with E-state index in [0.29, 0.717) is 6.04 Å². The van der Waals surface area contributed by atoms with E-state index in [1.54, 1.807) is 6.07 Å². The van der Waals surface area contributed by atoms with Crippen LogP contribution in [0.25, 0.3) is 0 Å². The van der Waals surface area contributed by atoms with Crippen LogP contribution in [0.3, 0.4) is 0 Å². The van der Waals surface area contributed by atoms with E-state index in [1.807, 2.05) is 6.07 Å². The molecule has 2 unspecified atom stereocenters. The monoisotopic (exact) mass is 346 g/mol. The number of hydrogen-bond donors (Lipinski definition) is 2. The lowest BCUT2D eigenvalue weighted by atomic mass is 9.90. The first kappa shape index (κ1) is 14.5. The number of aryl methyl sites for hydroxylation is 1. The maximum absolute atomic E-state index is 11.4. The molecule has 4 heteroatoms. The molecule has 0 aliphatic heterocycles. The van der Waals surface area contributed by atoms with Crippen LogP contribution in [-0.2, 0) is 6.42 Å². The molecule has 1 aromatic carbocycles. The third-order valence-electron chi connectivity index (χ3n) is 4.15. The van der Waals surface area contributed by atoms with Gasteiger partial charge in [-0.2, -0.15) is 0 Å². The van der Waals surface area contributed by atoms with Gasteiger partial charge >= 0.3 is 0 Å². The van der Waals surface area contributed by atoms with Gasteiger partial charge in [-0.25, -0.2) is 0 Å². The lowest BCUT2D eigenvalue weighted by Gasteiger charge is -2.29. The van der Waals surface area contributed by atoms with E-state index in [0.717, 1.165) is 29.4 Å². The third-order valence-corrected chi connectivity index (χ3v) is 4.68. The number of pyridine rings is 1. The highest BCUT2D eigenvalue weighted by Crippen LogP contribution is 2.30. The summed E-state index contributed by atoms with van der Waals surface area (Å²) in [5, 5.41) is 3.69. The van der Waals surface area contributed by atoms with Crippen molar-refractivity contribution in [2.45, 2.75) is 38.3 Å². The second kappa shape index (κ2) is 6.16. The molecule has 0 fully saturated rings. The van der Waals surface area contributed by atoms with Gasteiger partial charge in [-0.3, -0.25) is 4.79 Å². The molecule has 21 heavy (non-hydrogen) atoms. The van der Waals surface area contributed by atoms with Crippen LogP contribution in [0.15, 0.2) is 45.7 Å². The van der Waals surface area contributed by atoms with Gasteiger partial charge in [-0.15, -0.1) is 0 Å². The minimum atomic E-state index is -0.00430. The molecule has 0 radical (unpaired) electrons. The fourth-order valence-electron chi connectivity index (χ4n) is 3.02. The van der Waals surface area contributed by atoms with Crippen LogP contribution in [0.1, 0.15) is 48.7 Å². The number of hydrogen-bond acceptors (Lipinski definition) is 2. The Balaban J connectivity index is 1.80. The quantitative estimate of drug-likeness (QED) is 0.885. The number of benzene rings is 1. The fraction of sp³-hybridized carbons (Fsp3) is 0.353. The molecule has 1 heterocycles. The summed E-state index contributed by atoms with van der Waals surface area (Å²) in [6.45, 7) is 2.18. The summed E-state index contributed by atoms with van der Waals surface area (Å²) in [6.07, 6.45) is 3.19. The summed E-state index contributed by atoms with van der Waals surface area (Å²) in [4.78, 5) is 14.4. The van der Waals surface area contributed by atoms with E-state index >= 15 is 0 Å². The Bertz CT molecular complexity index is 678. The summed E-state index contributed by atoms with van der Waals surface area (Å²) in [5.74, 6) is 0. The third kappa shape index (κ3) is 3.27. The van der Waals surface area contributed by atoms with Crippen molar-refractivity contribution in [3.8, 4) is 0 Å². The van der Waals surface area contributed by atoms with Gasteiger partial charge in [0.25, 0.3) is 0 Å². The lowest BCUT2D eigenvalue weighted by molar-refractivity contribution is 0.411. The normalized spacial score (nSPS) is 19.0. The molecule has 0 saturated carbocycles. The smallest absolute Gasteiger partial charge is 0.248 e. The van der Waals surface area contributed by atoms with E-state index in [2.05, 4.69) is 57.4 Å². The first-order valence-corrected chi connectivity index (χ1v) is 8.16. The predicted molar refractivity (Wildman–Crippen MR) is 88.4 cm³/mol. The SMILES string of the molecule is CC(NC1CCCc2[nH]c(=O)ccc21)c1ccc(Br)cc1. The van der Waals surface area contributed by atoms with Crippen molar-refractivity contribution in [2.75, 3.05) is 0 Å². The average Bonchev–Trinajstić information content (AvgIpc) is 2.47. The number of halogens is 1. The fourth-order valence-corrected chi connectivity index (χ4v) is 3.29. The topological polar surface area (TPSA) is 44.9 Å². The summed E-state index contributed by atoms with van der Waals surface area (Å²) < 4.78 is 1.10. The van der Waals surface area contributed by atoms with Gasteiger partial charge in [-0.1, -0.05) is 34.1 Å². The summed E-state index contributed by atoms with van der Waals surface area (Å²) >= 11 is 3.47. The summed E-state index contributed by atoms with van der Waals surface area (Å²) in [7, 11) is 0. The number of aromatic amines is 1. The van der Waals surface area contributed by atoms with Gasteiger partial charge in [0.2, 0.25) is 5.56 Å². The highest BCUT2D eigenvalue weighted by molar-refractivity contribution is 9.10. The van der Waals surface area contributed by atoms with Crippen molar-refractivity contribution in [2.24, 2.45) is 0 Å². The first-order valence-electron chi connectivity index (χ1n) is 7.37. The number of rotatable bonds is 3. The zero-order chi connectivity index (χ0) is 14.8. The molecule has 1 aliphatic rings. The van der Waals surface area contributed by atoms with Crippen LogP contribution in [0.5, 0.6) is 0 Å². The summed E-state index contributed by atoms with van der Waals surface area (Å²) in [6, 6.07) is 12.6. The molecule has 0 saturated heterocycles. The number of aromatic nitrogens is 1. The molecule has 3 rings (SSSR count). The van der Waals surface area contributed by atoms with Crippen molar-refractivity contribution < 1.29 is 0 Å². The van der Waals surface area contributed by atoms with Crippen molar-refractivity contribution in [3.05, 3.63) is 68.0 Å². The van der Waals surface area contributed by atoms with Gasteiger partial charge in [0.15, 0.2) is 0 Å². The van der Waals surface area contributed by atoms with Crippen molar-refractivity contribution in [1.29, 1.82) is 0 Å². The van der Waals surface area contributed by atoms with Crippen LogP contribution < -0.4 is 10.9 Å². The molecule has 3 nitrogen and oxygen atoms in total. The second-order valence-corrected chi connectivity index (χ2v) is 6.56. The van der Waals surface area contributed by atoms with Crippen molar-refractivity contribution >= 4 is 15.9 Å². The maximum Gasteiger partial charge on any atom is 0.248 e. The average molecular weight is 347 g/mol. The molecule has 0 bridgehead atoms. The minimum Gasteiger partial charge on any atom is -0.326 e.